The van der Waals surface area contributed by atoms with E-state index >= 15 is 0 Å². The normalized spacial score (nSPS) is 19.8. The van der Waals surface area contributed by atoms with Crippen LogP contribution in [-0.2, 0) is 0 Å². The van der Waals surface area contributed by atoms with Crippen molar-refractivity contribution in [2.24, 2.45) is 5.41 Å². The lowest BCUT2D eigenvalue weighted by Gasteiger charge is -2.38. The Hall–Kier alpha value is -0.0400. The van der Waals surface area contributed by atoms with Crippen LogP contribution in [0.25, 0.3) is 0 Å². The molecule has 1 aliphatic carbocycles. The molecule has 0 atom stereocenters. The van der Waals surface area contributed by atoms with Crippen LogP contribution in [0.1, 0.15) is 85.0 Å². The van der Waals surface area contributed by atoms with E-state index in [0.717, 1.165) is 0 Å². The zero-order chi connectivity index (χ0) is 12.6. The van der Waals surface area contributed by atoms with Gasteiger partial charge in [0.25, 0.3) is 0 Å². The average Bonchev–Trinajstić information content (AvgIpc) is 2.34. The van der Waals surface area contributed by atoms with Gasteiger partial charge in [0.05, 0.1) is 0 Å². The predicted octanol–water partition coefficient (Wildman–Crippen LogP) is 4.91. The fourth-order valence-electron chi connectivity index (χ4n) is 3.16. The molecule has 17 heavy (non-hydrogen) atoms. The SMILES string of the molecule is CCCCCCC1(CNC(C)C)CCCCC1. The maximum atomic E-state index is 3.70. The molecule has 1 aliphatic rings. The van der Waals surface area contributed by atoms with Crippen molar-refractivity contribution in [3.05, 3.63) is 0 Å². The summed E-state index contributed by atoms with van der Waals surface area (Å²) in [5.41, 5.74) is 0.649. The highest BCUT2D eigenvalue weighted by atomic mass is 14.9. The van der Waals surface area contributed by atoms with Gasteiger partial charge < -0.3 is 5.32 Å². The topological polar surface area (TPSA) is 12.0 Å². The van der Waals surface area contributed by atoms with E-state index in [1.54, 1.807) is 0 Å². The van der Waals surface area contributed by atoms with Crippen molar-refractivity contribution in [1.29, 1.82) is 0 Å². The lowest BCUT2D eigenvalue weighted by molar-refractivity contribution is 0.157. The van der Waals surface area contributed by atoms with Gasteiger partial charge in [0.2, 0.25) is 0 Å². The monoisotopic (exact) mass is 239 g/mol. The van der Waals surface area contributed by atoms with Crippen molar-refractivity contribution >= 4 is 0 Å². The van der Waals surface area contributed by atoms with Crippen LogP contribution in [0.15, 0.2) is 0 Å². The van der Waals surface area contributed by atoms with Crippen molar-refractivity contribution in [2.75, 3.05) is 6.54 Å². The number of rotatable bonds is 8. The Bertz CT molecular complexity index is 180. The first kappa shape index (κ1) is 15.0. The minimum absolute atomic E-state index is 0.643. The molecular weight excluding hydrogens is 206 g/mol. The molecule has 1 fully saturated rings. The van der Waals surface area contributed by atoms with Crippen LogP contribution in [0.4, 0.5) is 0 Å². The van der Waals surface area contributed by atoms with Gasteiger partial charge in [0.1, 0.15) is 0 Å². The fraction of sp³-hybridized carbons (Fsp3) is 1.00. The predicted molar refractivity (Wildman–Crippen MR) is 77.4 cm³/mol. The Morgan fingerprint density at radius 3 is 2.29 bits per heavy atom. The smallest absolute Gasteiger partial charge is 0.00106 e. The molecule has 1 N–H and O–H groups in total. The van der Waals surface area contributed by atoms with Gasteiger partial charge in [-0.2, -0.15) is 0 Å². The first-order valence-corrected chi connectivity index (χ1v) is 7.92. The molecule has 0 aliphatic heterocycles. The first-order chi connectivity index (χ1) is 8.18. The second-order valence-corrected chi connectivity index (χ2v) is 6.41. The maximum absolute atomic E-state index is 3.70. The zero-order valence-electron chi connectivity index (χ0n) is 12.4. The van der Waals surface area contributed by atoms with E-state index in [-0.39, 0.29) is 0 Å². The summed E-state index contributed by atoms with van der Waals surface area (Å²) in [6, 6.07) is 0.643. The van der Waals surface area contributed by atoms with Crippen molar-refractivity contribution in [3.63, 3.8) is 0 Å². The standard InChI is InChI=1S/C16H33N/c1-4-5-6-8-11-16(14-17-15(2)3)12-9-7-10-13-16/h15,17H,4-14H2,1-3H3. The quantitative estimate of drug-likeness (QED) is 0.594. The molecular formula is C16H33N. The Morgan fingerprint density at radius 2 is 1.71 bits per heavy atom. The van der Waals surface area contributed by atoms with Gasteiger partial charge in [-0.3, -0.25) is 0 Å². The number of unbranched alkanes of at least 4 members (excludes halogenated alkanes) is 3. The van der Waals surface area contributed by atoms with Crippen LogP contribution in [0, 0.1) is 5.41 Å². The zero-order valence-corrected chi connectivity index (χ0v) is 12.4. The molecule has 0 spiro atoms. The molecule has 0 saturated heterocycles. The fourth-order valence-corrected chi connectivity index (χ4v) is 3.16. The molecule has 0 aromatic heterocycles. The van der Waals surface area contributed by atoms with Gasteiger partial charge in [0.15, 0.2) is 0 Å². The van der Waals surface area contributed by atoms with E-state index in [4.69, 9.17) is 0 Å². The van der Waals surface area contributed by atoms with Crippen molar-refractivity contribution in [3.8, 4) is 0 Å². The largest absolute Gasteiger partial charge is 0.314 e. The summed E-state index contributed by atoms with van der Waals surface area (Å²) >= 11 is 0. The Labute approximate surface area is 109 Å². The Kier molecular flexibility index (Phi) is 7.18. The summed E-state index contributed by atoms with van der Waals surface area (Å²) in [4.78, 5) is 0. The summed E-state index contributed by atoms with van der Waals surface area (Å²) in [6.45, 7) is 8.11. The van der Waals surface area contributed by atoms with E-state index in [1.807, 2.05) is 0 Å². The third-order valence-electron chi connectivity index (χ3n) is 4.36. The summed E-state index contributed by atoms with van der Waals surface area (Å²) < 4.78 is 0. The van der Waals surface area contributed by atoms with Gasteiger partial charge in [-0.15, -0.1) is 0 Å². The molecule has 1 nitrogen and oxygen atoms in total. The van der Waals surface area contributed by atoms with Gasteiger partial charge in [-0.05, 0) is 24.7 Å². The minimum Gasteiger partial charge on any atom is -0.314 e. The number of hydrogen-bond acceptors (Lipinski definition) is 1. The first-order valence-electron chi connectivity index (χ1n) is 7.92. The molecule has 0 amide bonds. The summed E-state index contributed by atoms with van der Waals surface area (Å²) in [5.74, 6) is 0. The van der Waals surface area contributed by atoms with Crippen LogP contribution in [-0.4, -0.2) is 12.6 Å². The molecule has 0 unspecified atom stereocenters. The molecule has 1 heteroatoms. The van der Waals surface area contributed by atoms with Crippen LogP contribution >= 0.6 is 0 Å². The van der Waals surface area contributed by atoms with Crippen molar-refractivity contribution in [1.82, 2.24) is 5.32 Å². The molecule has 0 bridgehead atoms. The summed E-state index contributed by atoms with van der Waals surface area (Å²) in [7, 11) is 0. The van der Waals surface area contributed by atoms with E-state index in [9.17, 15) is 0 Å². The highest BCUT2D eigenvalue weighted by Crippen LogP contribution is 2.40. The molecule has 102 valence electrons. The second kappa shape index (κ2) is 8.13. The Morgan fingerprint density at radius 1 is 1.00 bits per heavy atom. The van der Waals surface area contributed by atoms with Gasteiger partial charge >= 0.3 is 0 Å². The molecule has 0 aromatic carbocycles. The molecule has 1 saturated carbocycles. The van der Waals surface area contributed by atoms with Crippen LogP contribution < -0.4 is 5.32 Å². The van der Waals surface area contributed by atoms with Gasteiger partial charge in [-0.1, -0.05) is 65.7 Å². The van der Waals surface area contributed by atoms with E-state index in [2.05, 4.69) is 26.1 Å². The molecule has 0 aromatic rings. The third kappa shape index (κ3) is 5.90. The molecule has 0 radical (unpaired) electrons. The highest BCUT2D eigenvalue weighted by Gasteiger charge is 2.31. The van der Waals surface area contributed by atoms with Crippen LogP contribution in [0.3, 0.4) is 0 Å². The molecule has 0 heterocycles. The van der Waals surface area contributed by atoms with Crippen LogP contribution in [0.5, 0.6) is 0 Å². The minimum atomic E-state index is 0.643. The lowest BCUT2D eigenvalue weighted by atomic mass is 9.70. The van der Waals surface area contributed by atoms with E-state index < -0.39 is 0 Å². The highest BCUT2D eigenvalue weighted by molar-refractivity contribution is 4.85. The summed E-state index contributed by atoms with van der Waals surface area (Å²) in [6.07, 6.45) is 14.5. The van der Waals surface area contributed by atoms with E-state index in [1.165, 1.54) is 70.8 Å². The van der Waals surface area contributed by atoms with Gasteiger partial charge in [0, 0.05) is 12.6 Å². The third-order valence-corrected chi connectivity index (χ3v) is 4.36. The van der Waals surface area contributed by atoms with Crippen LogP contribution in [0.2, 0.25) is 0 Å². The van der Waals surface area contributed by atoms with Crippen molar-refractivity contribution in [2.45, 2.75) is 91.0 Å². The lowest BCUT2D eigenvalue weighted by Crippen LogP contribution is -2.39. The van der Waals surface area contributed by atoms with Crippen molar-refractivity contribution < 1.29 is 0 Å². The Balaban J connectivity index is 2.35. The average molecular weight is 239 g/mol. The second-order valence-electron chi connectivity index (χ2n) is 6.41. The maximum Gasteiger partial charge on any atom is 0.00106 e. The summed E-state index contributed by atoms with van der Waals surface area (Å²) in [5, 5.41) is 3.70. The van der Waals surface area contributed by atoms with Gasteiger partial charge in [-0.25, -0.2) is 0 Å². The molecule has 1 rings (SSSR count). The number of hydrogen-bond donors (Lipinski definition) is 1. The number of nitrogens with one attached hydrogen (secondary N) is 1. The van der Waals surface area contributed by atoms with E-state index in [0.29, 0.717) is 11.5 Å².